The molecule has 0 aliphatic carbocycles. The minimum absolute atomic E-state index is 0.247. The van der Waals surface area contributed by atoms with Gasteiger partial charge < -0.3 is 15.6 Å². The predicted molar refractivity (Wildman–Crippen MR) is 63.4 cm³/mol. The van der Waals surface area contributed by atoms with Crippen molar-refractivity contribution in [2.75, 3.05) is 19.8 Å². The molecule has 1 aromatic heterocycles. The molecule has 3 N–H and O–H groups in total. The Bertz CT molecular complexity index is 348. The SMILES string of the molecule is Cc1csc(C(O)C2(CN)CCOCC2)n1. The van der Waals surface area contributed by atoms with Crippen LogP contribution in [0.15, 0.2) is 5.38 Å². The average molecular weight is 242 g/mol. The summed E-state index contributed by atoms with van der Waals surface area (Å²) < 4.78 is 5.33. The lowest BCUT2D eigenvalue weighted by atomic mass is 9.75. The molecule has 2 heterocycles. The molecule has 90 valence electrons. The van der Waals surface area contributed by atoms with Crippen LogP contribution in [-0.2, 0) is 4.74 Å². The van der Waals surface area contributed by atoms with Crippen molar-refractivity contribution in [1.82, 2.24) is 4.98 Å². The molecular weight excluding hydrogens is 224 g/mol. The van der Waals surface area contributed by atoms with Crippen molar-refractivity contribution in [1.29, 1.82) is 0 Å². The van der Waals surface area contributed by atoms with Crippen LogP contribution in [0.5, 0.6) is 0 Å². The zero-order valence-corrected chi connectivity index (χ0v) is 10.3. The Kier molecular flexibility index (Phi) is 3.59. The van der Waals surface area contributed by atoms with Crippen LogP contribution in [0.4, 0.5) is 0 Å². The minimum Gasteiger partial charge on any atom is -0.385 e. The van der Waals surface area contributed by atoms with E-state index in [0.29, 0.717) is 19.8 Å². The standard InChI is InChI=1S/C11H18N2O2S/c1-8-6-16-10(13-8)9(14)11(7-12)2-4-15-5-3-11/h6,9,14H,2-5,7,12H2,1H3. The van der Waals surface area contributed by atoms with Gasteiger partial charge in [0.25, 0.3) is 0 Å². The second-order valence-electron chi connectivity index (χ2n) is 4.41. The van der Waals surface area contributed by atoms with E-state index in [9.17, 15) is 5.11 Å². The third-order valence-corrected chi connectivity index (χ3v) is 4.36. The predicted octanol–water partition coefficient (Wildman–Crippen LogP) is 1.24. The molecule has 4 nitrogen and oxygen atoms in total. The van der Waals surface area contributed by atoms with Gasteiger partial charge in [0.1, 0.15) is 11.1 Å². The van der Waals surface area contributed by atoms with Gasteiger partial charge in [0.15, 0.2) is 0 Å². The van der Waals surface area contributed by atoms with Gasteiger partial charge >= 0.3 is 0 Å². The summed E-state index contributed by atoms with van der Waals surface area (Å²) in [5.41, 5.74) is 6.55. The van der Waals surface area contributed by atoms with E-state index in [0.717, 1.165) is 23.5 Å². The molecule has 0 radical (unpaired) electrons. The number of ether oxygens (including phenoxy) is 1. The van der Waals surface area contributed by atoms with Crippen molar-refractivity contribution in [2.24, 2.45) is 11.1 Å². The van der Waals surface area contributed by atoms with Crippen LogP contribution >= 0.6 is 11.3 Å². The highest BCUT2D eigenvalue weighted by atomic mass is 32.1. The summed E-state index contributed by atoms with van der Waals surface area (Å²) in [6.07, 6.45) is 1.06. The summed E-state index contributed by atoms with van der Waals surface area (Å²) in [5, 5.41) is 13.2. The molecule has 1 fully saturated rings. The maximum absolute atomic E-state index is 10.4. The molecule has 1 unspecified atom stereocenters. The molecule has 1 saturated heterocycles. The lowest BCUT2D eigenvalue weighted by Gasteiger charge is -2.39. The highest BCUT2D eigenvalue weighted by Gasteiger charge is 2.40. The van der Waals surface area contributed by atoms with Crippen molar-refractivity contribution in [3.63, 3.8) is 0 Å². The quantitative estimate of drug-likeness (QED) is 0.837. The summed E-state index contributed by atoms with van der Waals surface area (Å²) in [6, 6.07) is 0. The highest BCUT2D eigenvalue weighted by molar-refractivity contribution is 7.09. The third kappa shape index (κ3) is 2.13. The van der Waals surface area contributed by atoms with Crippen molar-refractivity contribution < 1.29 is 9.84 Å². The second kappa shape index (κ2) is 4.79. The van der Waals surface area contributed by atoms with Crippen molar-refractivity contribution in [2.45, 2.75) is 25.9 Å². The van der Waals surface area contributed by atoms with Gasteiger partial charge in [0.05, 0.1) is 0 Å². The molecule has 0 aromatic carbocycles. The van der Waals surface area contributed by atoms with Crippen LogP contribution in [0.25, 0.3) is 0 Å². The van der Waals surface area contributed by atoms with E-state index in [1.54, 1.807) is 0 Å². The first-order chi connectivity index (χ1) is 7.68. The van der Waals surface area contributed by atoms with Crippen LogP contribution in [0.1, 0.15) is 29.6 Å². The summed E-state index contributed by atoms with van der Waals surface area (Å²) in [5.74, 6) is 0. The summed E-state index contributed by atoms with van der Waals surface area (Å²) in [7, 11) is 0. The first-order valence-electron chi connectivity index (χ1n) is 5.56. The molecule has 0 spiro atoms. The Morgan fingerprint density at radius 1 is 1.62 bits per heavy atom. The number of aromatic nitrogens is 1. The first-order valence-corrected chi connectivity index (χ1v) is 6.44. The number of aliphatic hydroxyl groups is 1. The van der Waals surface area contributed by atoms with Crippen LogP contribution in [0, 0.1) is 12.3 Å². The average Bonchev–Trinajstić information content (AvgIpc) is 2.76. The lowest BCUT2D eigenvalue weighted by molar-refractivity contribution is -0.0582. The van der Waals surface area contributed by atoms with Gasteiger partial charge in [-0.25, -0.2) is 4.98 Å². The molecule has 1 atom stereocenters. The zero-order chi connectivity index (χ0) is 11.6. The Morgan fingerprint density at radius 2 is 2.31 bits per heavy atom. The van der Waals surface area contributed by atoms with Gasteiger partial charge in [-0.05, 0) is 19.8 Å². The van der Waals surface area contributed by atoms with Gasteiger partial charge in [-0.3, -0.25) is 0 Å². The van der Waals surface area contributed by atoms with Gasteiger partial charge in [-0.2, -0.15) is 0 Å². The molecule has 5 heteroatoms. The van der Waals surface area contributed by atoms with E-state index in [2.05, 4.69) is 4.98 Å². The van der Waals surface area contributed by atoms with Crippen LogP contribution in [-0.4, -0.2) is 29.8 Å². The lowest BCUT2D eigenvalue weighted by Crippen LogP contribution is -2.41. The number of aliphatic hydroxyl groups excluding tert-OH is 1. The zero-order valence-electron chi connectivity index (χ0n) is 9.48. The fourth-order valence-electron chi connectivity index (χ4n) is 2.13. The minimum atomic E-state index is -0.555. The molecule has 1 aromatic rings. The van der Waals surface area contributed by atoms with E-state index in [4.69, 9.17) is 10.5 Å². The Labute approximate surface area is 99.5 Å². The molecular formula is C11H18N2O2S. The monoisotopic (exact) mass is 242 g/mol. The van der Waals surface area contributed by atoms with Gasteiger partial charge in [-0.15, -0.1) is 11.3 Å². The Morgan fingerprint density at radius 3 is 2.81 bits per heavy atom. The van der Waals surface area contributed by atoms with Crippen molar-refractivity contribution >= 4 is 11.3 Å². The number of hydrogen-bond acceptors (Lipinski definition) is 5. The van der Waals surface area contributed by atoms with Gasteiger partial charge in [-0.1, -0.05) is 0 Å². The van der Waals surface area contributed by atoms with E-state index in [1.807, 2.05) is 12.3 Å². The van der Waals surface area contributed by atoms with Crippen LogP contribution < -0.4 is 5.73 Å². The molecule has 0 bridgehead atoms. The van der Waals surface area contributed by atoms with Crippen molar-refractivity contribution in [3.8, 4) is 0 Å². The molecule has 1 aliphatic rings. The van der Waals surface area contributed by atoms with Crippen LogP contribution in [0.3, 0.4) is 0 Å². The van der Waals surface area contributed by atoms with E-state index >= 15 is 0 Å². The van der Waals surface area contributed by atoms with E-state index in [1.165, 1.54) is 11.3 Å². The Hall–Kier alpha value is -0.490. The summed E-state index contributed by atoms with van der Waals surface area (Å²) >= 11 is 1.51. The smallest absolute Gasteiger partial charge is 0.122 e. The molecule has 2 rings (SSSR count). The third-order valence-electron chi connectivity index (χ3n) is 3.35. The molecule has 0 saturated carbocycles. The second-order valence-corrected chi connectivity index (χ2v) is 5.30. The topological polar surface area (TPSA) is 68.4 Å². The van der Waals surface area contributed by atoms with E-state index in [-0.39, 0.29) is 5.41 Å². The number of rotatable bonds is 3. The molecule has 1 aliphatic heterocycles. The maximum atomic E-state index is 10.4. The fourth-order valence-corrected chi connectivity index (χ4v) is 3.05. The maximum Gasteiger partial charge on any atom is 0.122 e. The number of nitrogens with zero attached hydrogens (tertiary/aromatic N) is 1. The van der Waals surface area contributed by atoms with Crippen LogP contribution in [0.2, 0.25) is 0 Å². The number of hydrogen-bond donors (Lipinski definition) is 2. The Balaban J connectivity index is 2.20. The van der Waals surface area contributed by atoms with Crippen molar-refractivity contribution in [3.05, 3.63) is 16.1 Å². The number of aryl methyl sites for hydroxylation is 1. The summed E-state index contributed by atoms with van der Waals surface area (Å²) in [4.78, 5) is 4.35. The first kappa shape index (κ1) is 12.0. The highest BCUT2D eigenvalue weighted by Crippen LogP contribution is 2.42. The van der Waals surface area contributed by atoms with Gasteiger partial charge in [0, 0.05) is 36.2 Å². The number of nitrogens with two attached hydrogens (primary N) is 1. The van der Waals surface area contributed by atoms with Gasteiger partial charge in [0.2, 0.25) is 0 Å². The molecule has 0 amide bonds. The van der Waals surface area contributed by atoms with E-state index < -0.39 is 6.10 Å². The summed E-state index contributed by atoms with van der Waals surface area (Å²) in [6.45, 7) is 3.78. The molecule has 16 heavy (non-hydrogen) atoms. The number of thiazole rings is 1. The largest absolute Gasteiger partial charge is 0.385 e. The normalized spacial score (nSPS) is 21.9. The fraction of sp³-hybridized carbons (Fsp3) is 0.727.